The number of carbonyl (C=O) groups excluding carboxylic acids is 2. The number of likely N-dealkylation sites (N-methyl/N-ethyl adjacent to an activating group) is 1. The first-order valence-corrected chi connectivity index (χ1v) is 24.1. The molecule has 326 valence electrons. The van der Waals surface area contributed by atoms with Gasteiger partial charge in [-0.15, -0.1) is 0 Å². The van der Waals surface area contributed by atoms with Crippen LogP contribution in [0.4, 0.5) is 0 Å². The van der Waals surface area contributed by atoms with Crippen LogP contribution in [-0.2, 0) is 42.1 Å². The molecule has 1 aliphatic rings. The van der Waals surface area contributed by atoms with Gasteiger partial charge in [-0.2, -0.15) is 0 Å². The van der Waals surface area contributed by atoms with Crippen molar-refractivity contribution in [1.29, 1.82) is 0 Å². The predicted molar refractivity (Wildman–Crippen MR) is 221 cm³/mol. The van der Waals surface area contributed by atoms with Crippen LogP contribution in [0.5, 0.6) is 0 Å². The summed E-state index contributed by atoms with van der Waals surface area (Å²) in [6.07, 6.45) is 30.2. The number of phosphoric acid groups is 1. The fourth-order valence-corrected chi connectivity index (χ4v) is 7.57. The summed E-state index contributed by atoms with van der Waals surface area (Å²) in [4.78, 5) is 37.4. The fraction of sp³-hybridized carbons (Fsp3) is 0.953. The highest BCUT2D eigenvalue weighted by Gasteiger charge is 2.28. The van der Waals surface area contributed by atoms with Gasteiger partial charge in [0, 0.05) is 19.4 Å². The van der Waals surface area contributed by atoms with Crippen molar-refractivity contribution < 1.29 is 47.0 Å². The standard InChI is InChI=1S/C43H84NO10P/c1-5-8-10-12-14-15-16-17-18-19-20-24-28-32-42(45)49-36-39(37-53-55(47,48)52-35-34-44(4)7-3)54-43(46)33-29-25-21-23-27-31-41-40(50-38-51-41)30-26-22-13-11-9-6-2/h39-41H,5-38H2,1-4H3,(H,47,48). The SMILES string of the molecule is CCCCCCCCCCCCCCCC(=O)OCC(COP(=O)(O)OCCN(C)CC)OC(=O)CCCCCCCC1OCOC1CCCCCCCC. The van der Waals surface area contributed by atoms with Gasteiger partial charge in [-0.05, 0) is 39.3 Å². The zero-order valence-corrected chi connectivity index (χ0v) is 36.7. The Bertz CT molecular complexity index is 956. The Hall–Kier alpha value is -1.07. The third-order valence-electron chi connectivity index (χ3n) is 10.6. The third-order valence-corrected chi connectivity index (χ3v) is 11.6. The molecule has 1 aliphatic heterocycles. The van der Waals surface area contributed by atoms with Gasteiger partial charge in [-0.1, -0.05) is 162 Å². The van der Waals surface area contributed by atoms with Crippen molar-refractivity contribution in [2.75, 3.05) is 46.8 Å². The fourth-order valence-electron chi connectivity index (χ4n) is 6.83. The van der Waals surface area contributed by atoms with E-state index in [1.54, 1.807) is 0 Å². The molecule has 55 heavy (non-hydrogen) atoms. The van der Waals surface area contributed by atoms with Gasteiger partial charge in [-0.25, -0.2) is 4.57 Å². The molecule has 0 spiro atoms. The molecule has 4 atom stereocenters. The van der Waals surface area contributed by atoms with Crippen LogP contribution in [0, 0.1) is 0 Å². The molecule has 4 unspecified atom stereocenters. The zero-order chi connectivity index (χ0) is 40.2. The molecular formula is C43H84NO10P. The highest BCUT2D eigenvalue weighted by Crippen LogP contribution is 2.43. The van der Waals surface area contributed by atoms with Crippen molar-refractivity contribution >= 4 is 19.8 Å². The first-order valence-electron chi connectivity index (χ1n) is 22.6. The van der Waals surface area contributed by atoms with Crippen molar-refractivity contribution in [1.82, 2.24) is 4.90 Å². The van der Waals surface area contributed by atoms with Gasteiger partial charge in [0.15, 0.2) is 6.10 Å². The molecule has 0 radical (unpaired) electrons. The minimum absolute atomic E-state index is 0.0118. The van der Waals surface area contributed by atoms with Crippen molar-refractivity contribution in [3.63, 3.8) is 0 Å². The summed E-state index contributed by atoms with van der Waals surface area (Å²) in [5, 5.41) is 0. The van der Waals surface area contributed by atoms with E-state index in [0.717, 1.165) is 64.3 Å². The average Bonchev–Trinajstić information content (AvgIpc) is 3.62. The summed E-state index contributed by atoms with van der Waals surface area (Å²) >= 11 is 0. The van der Waals surface area contributed by atoms with E-state index < -0.39 is 26.5 Å². The summed E-state index contributed by atoms with van der Waals surface area (Å²) in [7, 11) is -2.51. The van der Waals surface area contributed by atoms with E-state index in [9.17, 15) is 19.0 Å². The second-order valence-corrected chi connectivity index (χ2v) is 17.1. The smallest absolute Gasteiger partial charge is 0.462 e. The molecule has 1 rings (SSSR count). The van der Waals surface area contributed by atoms with Crippen LogP contribution in [0.25, 0.3) is 0 Å². The molecule has 1 heterocycles. The van der Waals surface area contributed by atoms with Crippen LogP contribution in [0.15, 0.2) is 0 Å². The maximum absolute atomic E-state index is 12.8. The summed E-state index contributed by atoms with van der Waals surface area (Å²) in [6.45, 7) is 7.45. The molecule has 0 aromatic rings. The quantitative estimate of drug-likeness (QED) is 0.0361. The lowest BCUT2D eigenvalue weighted by Crippen LogP contribution is -2.29. The van der Waals surface area contributed by atoms with E-state index >= 15 is 0 Å². The maximum atomic E-state index is 12.8. The second kappa shape index (κ2) is 36.0. The largest absolute Gasteiger partial charge is 0.472 e. The zero-order valence-electron chi connectivity index (χ0n) is 35.8. The molecule has 1 saturated heterocycles. The molecule has 1 fully saturated rings. The molecule has 0 aliphatic carbocycles. The molecule has 11 nitrogen and oxygen atoms in total. The van der Waals surface area contributed by atoms with Crippen LogP contribution in [0.2, 0.25) is 0 Å². The van der Waals surface area contributed by atoms with Crippen molar-refractivity contribution in [3.05, 3.63) is 0 Å². The molecule has 0 aromatic heterocycles. The van der Waals surface area contributed by atoms with E-state index in [-0.39, 0.29) is 44.2 Å². The Morgan fingerprint density at radius 1 is 0.636 bits per heavy atom. The van der Waals surface area contributed by atoms with Crippen molar-refractivity contribution in [2.24, 2.45) is 0 Å². The van der Waals surface area contributed by atoms with Crippen LogP contribution in [-0.4, -0.2) is 86.8 Å². The number of carbonyl (C=O) groups is 2. The van der Waals surface area contributed by atoms with Crippen molar-refractivity contribution in [3.8, 4) is 0 Å². The highest BCUT2D eigenvalue weighted by atomic mass is 31.2. The van der Waals surface area contributed by atoms with E-state index in [0.29, 0.717) is 19.8 Å². The van der Waals surface area contributed by atoms with E-state index in [4.69, 9.17) is 28.0 Å². The summed E-state index contributed by atoms with van der Waals surface area (Å²) < 4.78 is 45.4. The van der Waals surface area contributed by atoms with Crippen LogP contribution < -0.4 is 0 Å². The Morgan fingerprint density at radius 2 is 1.07 bits per heavy atom. The van der Waals surface area contributed by atoms with Crippen LogP contribution in [0.3, 0.4) is 0 Å². The minimum atomic E-state index is -4.38. The number of hydrogen-bond acceptors (Lipinski definition) is 10. The van der Waals surface area contributed by atoms with Gasteiger partial charge in [0.1, 0.15) is 13.4 Å². The molecular weight excluding hydrogens is 721 g/mol. The van der Waals surface area contributed by atoms with E-state index in [2.05, 4.69) is 13.8 Å². The number of hydrogen-bond donors (Lipinski definition) is 1. The van der Waals surface area contributed by atoms with Gasteiger partial charge in [0.2, 0.25) is 0 Å². The summed E-state index contributed by atoms with van der Waals surface area (Å²) in [5.41, 5.74) is 0. The number of unbranched alkanes of at least 4 members (excludes halogenated alkanes) is 21. The highest BCUT2D eigenvalue weighted by molar-refractivity contribution is 7.47. The van der Waals surface area contributed by atoms with E-state index in [1.165, 1.54) is 103 Å². The Morgan fingerprint density at radius 3 is 1.55 bits per heavy atom. The van der Waals surface area contributed by atoms with Gasteiger partial charge >= 0.3 is 19.8 Å². The van der Waals surface area contributed by atoms with Gasteiger partial charge in [-0.3, -0.25) is 18.6 Å². The van der Waals surface area contributed by atoms with Gasteiger partial charge in [0.05, 0.1) is 25.4 Å². The Kier molecular flexibility index (Phi) is 34.0. The molecule has 0 saturated carbocycles. The topological polar surface area (TPSA) is 130 Å². The average molecular weight is 806 g/mol. The van der Waals surface area contributed by atoms with Gasteiger partial charge in [0.25, 0.3) is 0 Å². The molecule has 1 N–H and O–H groups in total. The number of phosphoric ester groups is 1. The second-order valence-electron chi connectivity index (χ2n) is 15.7. The van der Waals surface area contributed by atoms with Crippen LogP contribution in [0.1, 0.15) is 201 Å². The molecule has 0 aromatic carbocycles. The third kappa shape index (κ3) is 31.6. The number of ether oxygens (including phenoxy) is 4. The normalized spacial score (nSPS) is 17.4. The summed E-state index contributed by atoms with van der Waals surface area (Å²) in [6, 6.07) is 0. The van der Waals surface area contributed by atoms with Crippen molar-refractivity contribution in [2.45, 2.75) is 219 Å². The predicted octanol–water partition coefficient (Wildman–Crippen LogP) is 11.2. The van der Waals surface area contributed by atoms with Gasteiger partial charge < -0.3 is 28.7 Å². The number of esters is 2. The Labute approximate surface area is 336 Å². The molecule has 12 heteroatoms. The minimum Gasteiger partial charge on any atom is -0.462 e. The molecule has 0 amide bonds. The monoisotopic (exact) mass is 806 g/mol. The molecule has 0 bridgehead atoms. The lowest BCUT2D eigenvalue weighted by Gasteiger charge is -2.20. The maximum Gasteiger partial charge on any atom is 0.472 e. The van der Waals surface area contributed by atoms with E-state index in [1.807, 2.05) is 18.9 Å². The van der Waals surface area contributed by atoms with Crippen LogP contribution >= 0.6 is 7.82 Å². The lowest BCUT2D eigenvalue weighted by molar-refractivity contribution is -0.161. The lowest BCUT2D eigenvalue weighted by atomic mass is 9.99. The number of rotatable bonds is 40. The Balaban J connectivity index is 2.33. The summed E-state index contributed by atoms with van der Waals surface area (Å²) in [5.74, 6) is -0.827. The number of nitrogens with zero attached hydrogens (tertiary/aromatic N) is 1. The first kappa shape index (κ1) is 51.9. The first-order chi connectivity index (χ1) is 26.7.